The van der Waals surface area contributed by atoms with Gasteiger partial charge in [0, 0.05) is 18.0 Å². The highest BCUT2D eigenvalue weighted by Gasteiger charge is 2.50. The van der Waals surface area contributed by atoms with Crippen LogP contribution in [0, 0.1) is 10.8 Å². The third-order valence-electron chi connectivity index (χ3n) is 4.94. The highest BCUT2D eigenvalue weighted by Crippen LogP contribution is 2.53. The van der Waals surface area contributed by atoms with E-state index in [9.17, 15) is 0 Å². The molecule has 0 radical (unpaired) electrons. The van der Waals surface area contributed by atoms with Crippen LogP contribution in [0.15, 0.2) is 11.4 Å². The summed E-state index contributed by atoms with van der Waals surface area (Å²) in [5.74, 6) is 0.821. The number of aromatic nitrogens is 2. The zero-order valence-electron chi connectivity index (χ0n) is 12.7. The van der Waals surface area contributed by atoms with Gasteiger partial charge in [-0.15, -0.1) is 11.3 Å². The van der Waals surface area contributed by atoms with Gasteiger partial charge < -0.3 is 4.90 Å². The number of hydrogen-bond donors (Lipinski definition) is 0. The van der Waals surface area contributed by atoms with Gasteiger partial charge in [0.1, 0.15) is 9.98 Å². The number of nitrogens with zero attached hydrogens (tertiary/aromatic N) is 3. The molecule has 3 nitrogen and oxygen atoms in total. The summed E-state index contributed by atoms with van der Waals surface area (Å²) in [4.78, 5) is 12.7. The lowest BCUT2D eigenvalue weighted by Gasteiger charge is -2.39. The lowest BCUT2D eigenvalue weighted by atomic mass is 9.65. The molecule has 2 aromatic heterocycles. The number of hydrogen-bond acceptors (Lipinski definition) is 4. The fourth-order valence-electron chi connectivity index (χ4n) is 4.63. The normalized spacial score (nSPS) is 31.0. The third-order valence-corrected chi connectivity index (χ3v) is 6.03. The van der Waals surface area contributed by atoms with E-state index in [-0.39, 0.29) is 0 Å². The predicted octanol–water partition coefficient (Wildman–Crippen LogP) is 4.75. The molecular formula is C16H20ClN3S. The summed E-state index contributed by atoms with van der Waals surface area (Å²) in [6, 6.07) is 2.55. The molecule has 2 unspecified atom stereocenters. The first kappa shape index (κ1) is 13.8. The maximum atomic E-state index is 6.34. The highest BCUT2D eigenvalue weighted by atomic mass is 35.5. The summed E-state index contributed by atoms with van der Waals surface area (Å²) >= 11 is 7.98. The molecule has 3 heterocycles. The molecule has 0 N–H and O–H groups in total. The van der Waals surface area contributed by atoms with E-state index in [1.54, 1.807) is 11.3 Å². The van der Waals surface area contributed by atoms with Gasteiger partial charge in [-0.05, 0) is 41.5 Å². The van der Waals surface area contributed by atoms with Crippen LogP contribution in [0.3, 0.4) is 0 Å². The van der Waals surface area contributed by atoms with Gasteiger partial charge in [-0.25, -0.2) is 9.97 Å². The lowest BCUT2D eigenvalue weighted by Crippen LogP contribution is -2.35. The molecule has 2 atom stereocenters. The topological polar surface area (TPSA) is 29.0 Å². The minimum Gasteiger partial charge on any atom is -0.337 e. The Balaban J connectivity index is 1.76. The molecule has 0 amide bonds. The molecule has 4 rings (SSSR count). The zero-order valence-corrected chi connectivity index (χ0v) is 14.3. The van der Waals surface area contributed by atoms with Gasteiger partial charge in [-0.3, -0.25) is 0 Å². The highest BCUT2D eigenvalue weighted by molar-refractivity contribution is 7.16. The van der Waals surface area contributed by atoms with E-state index in [2.05, 4.69) is 30.7 Å². The van der Waals surface area contributed by atoms with Crippen LogP contribution < -0.4 is 4.90 Å². The fraction of sp³-hybridized carbons (Fsp3) is 0.625. The van der Waals surface area contributed by atoms with E-state index >= 15 is 0 Å². The van der Waals surface area contributed by atoms with Gasteiger partial charge in [0.05, 0.1) is 0 Å². The van der Waals surface area contributed by atoms with Crippen molar-refractivity contribution in [2.75, 3.05) is 11.4 Å². The molecule has 0 spiro atoms. The molecule has 1 aliphatic heterocycles. The number of anilines is 1. The second kappa shape index (κ2) is 4.32. The van der Waals surface area contributed by atoms with Gasteiger partial charge in [0.2, 0.25) is 5.95 Å². The molecule has 112 valence electrons. The molecule has 21 heavy (non-hydrogen) atoms. The van der Waals surface area contributed by atoms with Crippen molar-refractivity contribution in [3.8, 4) is 0 Å². The maximum Gasteiger partial charge on any atom is 0.228 e. The first-order valence-corrected chi connectivity index (χ1v) is 8.79. The molecule has 2 aliphatic rings. The van der Waals surface area contributed by atoms with Crippen molar-refractivity contribution in [2.45, 2.75) is 46.1 Å². The lowest BCUT2D eigenvalue weighted by molar-refractivity contribution is 0.136. The van der Waals surface area contributed by atoms with Crippen molar-refractivity contribution in [1.29, 1.82) is 0 Å². The van der Waals surface area contributed by atoms with Crippen LogP contribution in [0.1, 0.15) is 40.0 Å². The van der Waals surface area contributed by atoms with Crippen molar-refractivity contribution in [3.05, 3.63) is 16.6 Å². The van der Waals surface area contributed by atoms with Gasteiger partial charge in [0.15, 0.2) is 0 Å². The summed E-state index contributed by atoms with van der Waals surface area (Å²) in [5, 5.41) is 3.59. The minimum atomic E-state index is 0.382. The maximum absolute atomic E-state index is 6.34. The van der Waals surface area contributed by atoms with Crippen LogP contribution >= 0.6 is 22.9 Å². The van der Waals surface area contributed by atoms with Crippen molar-refractivity contribution in [3.63, 3.8) is 0 Å². The first-order chi connectivity index (χ1) is 9.85. The van der Waals surface area contributed by atoms with E-state index in [0.717, 1.165) is 22.7 Å². The molecule has 2 fully saturated rings. The Hall–Kier alpha value is -0.870. The van der Waals surface area contributed by atoms with Crippen molar-refractivity contribution in [2.24, 2.45) is 10.8 Å². The van der Waals surface area contributed by atoms with Crippen molar-refractivity contribution >= 4 is 39.1 Å². The monoisotopic (exact) mass is 321 g/mol. The molecule has 1 saturated carbocycles. The molecule has 0 aromatic carbocycles. The van der Waals surface area contributed by atoms with Crippen molar-refractivity contribution < 1.29 is 0 Å². The molecule has 1 aliphatic carbocycles. The number of thiophene rings is 1. The van der Waals surface area contributed by atoms with E-state index in [4.69, 9.17) is 16.6 Å². The standard InChI is InChI=1S/C16H20ClN3S/c1-15(2)6-10-7-16(3,8-15)9-20(10)14-18-12(17)11-4-5-21-13(11)19-14/h4-5,10H,6-9H2,1-3H3. The van der Waals surface area contributed by atoms with Crippen LogP contribution in [0.2, 0.25) is 5.15 Å². The van der Waals surface area contributed by atoms with Crippen molar-refractivity contribution in [1.82, 2.24) is 9.97 Å². The van der Waals surface area contributed by atoms with E-state index in [1.165, 1.54) is 19.3 Å². The molecule has 1 saturated heterocycles. The Kier molecular flexibility index (Phi) is 2.84. The average molecular weight is 322 g/mol. The van der Waals surface area contributed by atoms with E-state index < -0.39 is 0 Å². The smallest absolute Gasteiger partial charge is 0.228 e. The Bertz CT molecular complexity index is 711. The molecule has 5 heteroatoms. The Morgan fingerprint density at radius 3 is 2.90 bits per heavy atom. The third kappa shape index (κ3) is 2.23. The average Bonchev–Trinajstić information content (AvgIpc) is 2.90. The number of rotatable bonds is 1. The zero-order chi connectivity index (χ0) is 14.8. The van der Waals surface area contributed by atoms with Crippen LogP contribution in [0.5, 0.6) is 0 Å². The summed E-state index contributed by atoms with van der Waals surface area (Å²) in [7, 11) is 0. The summed E-state index contributed by atoms with van der Waals surface area (Å²) in [5.41, 5.74) is 0.788. The largest absolute Gasteiger partial charge is 0.337 e. The first-order valence-electron chi connectivity index (χ1n) is 7.53. The molecular weight excluding hydrogens is 302 g/mol. The number of fused-ring (bicyclic) bond motifs is 3. The Morgan fingerprint density at radius 2 is 2.10 bits per heavy atom. The summed E-state index contributed by atoms with van der Waals surface area (Å²) in [6.07, 6.45) is 3.74. The Morgan fingerprint density at radius 1 is 1.29 bits per heavy atom. The Labute approximate surface area is 134 Å². The fourth-order valence-corrected chi connectivity index (χ4v) is 5.67. The molecule has 2 bridgehead atoms. The van der Waals surface area contributed by atoms with Gasteiger partial charge in [0.25, 0.3) is 0 Å². The van der Waals surface area contributed by atoms with Crippen LogP contribution in [-0.2, 0) is 0 Å². The van der Waals surface area contributed by atoms with Crippen LogP contribution in [-0.4, -0.2) is 22.6 Å². The SMILES string of the molecule is CC1(C)CC2CC(C)(CN2c2nc(Cl)c3ccsc3n2)C1. The van der Waals surface area contributed by atoms with Gasteiger partial charge >= 0.3 is 0 Å². The number of halogens is 1. The van der Waals surface area contributed by atoms with Gasteiger partial charge in [-0.2, -0.15) is 0 Å². The second-order valence-corrected chi connectivity index (χ2v) is 9.05. The van der Waals surface area contributed by atoms with Crippen LogP contribution in [0.4, 0.5) is 5.95 Å². The quantitative estimate of drug-likeness (QED) is 0.710. The van der Waals surface area contributed by atoms with Crippen LogP contribution in [0.25, 0.3) is 10.2 Å². The van der Waals surface area contributed by atoms with E-state index in [1.807, 2.05) is 11.4 Å². The predicted molar refractivity (Wildman–Crippen MR) is 89.3 cm³/mol. The molecule has 2 aromatic rings. The second-order valence-electron chi connectivity index (χ2n) is 7.80. The summed E-state index contributed by atoms with van der Waals surface area (Å²) in [6.45, 7) is 8.23. The summed E-state index contributed by atoms with van der Waals surface area (Å²) < 4.78 is 0. The van der Waals surface area contributed by atoms with E-state index in [0.29, 0.717) is 22.0 Å². The minimum absolute atomic E-state index is 0.382. The van der Waals surface area contributed by atoms with Gasteiger partial charge in [-0.1, -0.05) is 32.4 Å².